The van der Waals surface area contributed by atoms with Crippen LogP contribution in [0.5, 0.6) is 0 Å². The summed E-state index contributed by atoms with van der Waals surface area (Å²) in [5.74, 6) is -0.000430. The Morgan fingerprint density at radius 1 is 0.970 bits per heavy atom. The molecule has 2 atom stereocenters. The molecule has 3 aromatic rings. The zero-order chi connectivity index (χ0) is 23.4. The SMILES string of the molecule is CN(C)c1cccc(C(O)C(O)CCNC(=O)OCC2c3ccccc3-c3ccccc32)c1. The molecule has 0 saturated carbocycles. The topological polar surface area (TPSA) is 82.0 Å². The first kappa shape index (κ1) is 22.8. The minimum absolute atomic E-state index is 0.000430. The Morgan fingerprint density at radius 2 is 1.61 bits per heavy atom. The Kier molecular flexibility index (Phi) is 6.96. The van der Waals surface area contributed by atoms with Crippen molar-refractivity contribution in [2.75, 3.05) is 32.1 Å². The van der Waals surface area contributed by atoms with Crippen molar-refractivity contribution in [2.45, 2.75) is 24.5 Å². The maximum Gasteiger partial charge on any atom is 0.407 e. The lowest BCUT2D eigenvalue weighted by Crippen LogP contribution is -2.30. The number of fused-ring (bicyclic) bond motifs is 3. The van der Waals surface area contributed by atoms with Crippen LogP contribution in [0, 0.1) is 0 Å². The fourth-order valence-corrected chi connectivity index (χ4v) is 4.34. The van der Waals surface area contributed by atoms with Crippen molar-refractivity contribution in [1.29, 1.82) is 0 Å². The number of benzene rings is 3. The zero-order valence-electron chi connectivity index (χ0n) is 18.9. The fraction of sp³-hybridized carbons (Fsp3) is 0.296. The number of rotatable bonds is 8. The third-order valence-corrected chi connectivity index (χ3v) is 6.15. The van der Waals surface area contributed by atoms with Crippen molar-refractivity contribution < 1.29 is 19.7 Å². The van der Waals surface area contributed by atoms with Gasteiger partial charge in [0.05, 0.1) is 6.10 Å². The van der Waals surface area contributed by atoms with Crippen LogP contribution in [0.2, 0.25) is 0 Å². The largest absolute Gasteiger partial charge is 0.449 e. The Bertz CT molecular complexity index is 1070. The van der Waals surface area contributed by atoms with E-state index in [1.807, 2.05) is 61.5 Å². The molecule has 1 amide bonds. The van der Waals surface area contributed by atoms with Gasteiger partial charge in [0.1, 0.15) is 12.7 Å². The third kappa shape index (κ3) is 5.02. The molecule has 0 saturated heterocycles. The van der Waals surface area contributed by atoms with E-state index in [4.69, 9.17) is 4.74 Å². The highest BCUT2D eigenvalue weighted by Crippen LogP contribution is 2.44. The number of aliphatic hydroxyl groups excluding tert-OH is 2. The molecular formula is C27H30N2O4. The van der Waals surface area contributed by atoms with E-state index in [2.05, 4.69) is 29.6 Å². The molecule has 1 aliphatic carbocycles. The van der Waals surface area contributed by atoms with Gasteiger partial charge in [-0.1, -0.05) is 60.7 Å². The average molecular weight is 447 g/mol. The number of alkyl carbamates (subject to hydrolysis) is 1. The van der Waals surface area contributed by atoms with Crippen molar-refractivity contribution in [3.63, 3.8) is 0 Å². The zero-order valence-corrected chi connectivity index (χ0v) is 18.9. The number of aliphatic hydroxyl groups is 2. The average Bonchev–Trinajstić information content (AvgIpc) is 3.16. The van der Waals surface area contributed by atoms with Crippen molar-refractivity contribution in [3.8, 4) is 11.1 Å². The first-order valence-corrected chi connectivity index (χ1v) is 11.2. The van der Waals surface area contributed by atoms with Crippen molar-refractivity contribution in [3.05, 3.63) is 89.5 Å². The quantitative estimate of drug-likeness (QED) is 0.486. The molecule has 1 aliphatic rings. The van der Waals surface area contributed by atoms with E-state index in [1.165, 1.54) is 11.1 Å². The first-order valence-electron chi connectivity index (χ1n) is 11.2. The highest BCUT2D eigenvalue weighted by molar-refractivity contribution is 5.79. The summed E-state index contributed by atoms with van der Waals surface area (Å²) in [7, 11) is 3.83. The van der Waals surface area contributed by atoms with Gasteiger partial charge in [0.2, 0.25) is 0 Å². The van der Waals surface area contributed by atoms with E-state index in [0.717, 1.165) is 16.8 Å². The van der Waals surface area contributed by atoms with Crippen LogP contribution < -0.4 is 10.2 Å². The Labute approximate surface area is 194 Å². The lowest BCUT2D eigenvalue weighted by atomic mass is 9.98. The second-order valence-electron chi connectivity index (χ2n) is 8.54. The molecular weight excluding hydrogens is 416 g/mol. The summed E-state index contributed by atoms with van der Waals surface area (Å²) < 4.78 is 5.51. The maximum atomic E-state index is 12.3. The van der Waals surface area contributed by atoms with Gasteiger partial charge in [-0.15, -0.1) is 0 Å². The number of ether oxygens (including phenoxy) is 1. The van der Waals surface area contributed by atoms with E-state index in [1.54, 1.807) is 6.07 Å². The normalized spacial score (nSPS) is 14.2. The van der Waals surface area contributed by atoms with Crippen LogP contribution in [0.1, 0.15) is 35.1 Å². The van der Waals surface area contributed by atoms with Gasteiger partial charge < -0.3 is 25.2 Å². The molecule has 0 aliphatic heterocycles. The summed E-state index contributed by atoms with van der Waals surface area (Å²) in [4.78, 5) is 14.2. The van der Waals surface area contributed by atoms with Gasteiger partial charge in [0, 0.05) is 32.2 Å². The van der Waals surface area contributed by atoms with E-state index >= 15 is 0 Å². The van der Waals surface area contributed by atoms with Crippen LogP contribution in [0.4, 0.5) is 10.5 Å². The number of anilines is 1. The fourth-order valence-electron chi connectivity index (χ4n) is 4.34. The molecule has 0 spiro atoms. The van der Waals surface area contributed by atoms with E-state index in [9.17, 15) is 15.0 Å². The molecule has 0 aromatic heterocycles. The summed E-state index contributed by atoms with van der Waals surface area (Å²) in [6, 6.07) is 23.8. The lowest BCUT2D eigenvalue weighted by molar-refractivity contribution is 0.0137. The number of carbonyl (C=O) groups is 1. The van der Waals surface area contributed by atoms with Gasteiger partial charge in [-0.3, -0.25) is 0 Å². The molecule has 2 unspecified atom stereocenters. The highest BCUT2D eigenvalue weighted by atomic mass is 16.5. The van der Waals surface area contributed by atoms with Crippen molar-refractivity contribution >= 4 is 11.8 Å². The van der Waals surface area contributed by atoms with Gasteiger partial charge in [-0.05, 0) is 46.4 Å². The number of hydrogen-bond acceptors (Lipinski definition) is 5. The van der Waals surface area contributed by atoms with Crippen LogP contribution >= 0.6 is 0 Å². The van der Waals surface area contributed by atoms with Gasteiger partial charge in [0.25, 0.3) is 0 Å². The van der Waals surface area contributed by atoms with E-state index in [-0.39, 0.29) is 25.5 Å². The molecule has 172 valence electrons. The lowest BCUT2D eigenvalue weighted by Gasteiger charge is -2.20. The van der Waals surface area contributed by atoms with Crippen molar-refractivity contribution in [1.82, 2.24) is 5.32 Å². The van der Waals surface area contributed by atoms with Crippen LogP contribution in [0.25, 0.3) is 11.1 Å². The molecule has 33 heavy (non-hydrogen) atoms. The number of carbonyl (C=O) groups excluding carboxylic acids is 1. The Balaban J connectivity index is 1.28. The molecule has 4 rings (SSSR count). The summed E-state index contributed by atoms with van der Waals surface area (Å²) in [6.07, 6.45) is -2.36. The predicted octanol–water partition coefficient (Wildman–Crippen LogP) is 4.08. The van der Waals surface area contributed by atoms with Crippen LogP contribution in [-0.2, 0) is 4.74 Å². The molecule has 3 aromatic carbocycles. The summed E-state index contributed by atoms with van der Waals surface area (Å²) in [6.45, 7) is 0.435. The second kappa shape index (κ2) is 10.1. The van der Waals surface area contributed by atoms with Crippen LogP contribution in [0.3, 0.4) is 0 Å². The number of nitrogens with zero attached hydrogens (tertiary/aromatic N) is 1. The minimum Gasteiger partial charge on any atom is -0.449 e. The molecule has 3 N–H and O–H groups in total. The Morgan fingerprint density at radius 3 is 2.24 bits per heavy atom. The highest BCUT2D eigenvalue weighted by Gasteiger charge is 2.29. The van der Waals surface area contributed by atoms with Crippen molar-refractivity contribution in [2.24, 2.45) is 0 Å². The second-order valence-corrected chi connectivity index (χ2v) is 8.54. The van der Waals surface area contributed by atoms with Gasteiger partial charge in [-0.25, -0.2) is 4.79 Å². The van der Waals surface area contributed by atoms with E-state index < -0.39 is 18.3 Å². The van der Waals surface area contributed by atoms with Gasteiger partial charge >= 0.3 is 6.09 Å². The summed E-state index contributed by atoms with van der Waals surface area (Å²) in [5.41, 5.74) is 6.25. The summed E-state index contributed by atoms with van der Waals surface area (Å²) in [5, 5.41) is 23.5. The maximum absolute atomic E-state index is 12.3. The number of nitrogens with one attached hydrogen (secondary N) is 1. The number of hydrogen-bond donors (Lipinski definition) is 3. The molecule has 0 heterocycles. The van der Waals surface area contributed by atoms with Crippen LogP contribution in [0.15, 0.2) is 72.8 Å². The predicted molar refractivity (Wildman–Crippen MR) is 129 cm³/mol. The molecule has 0 fully saturated rings. The molecule has 0 radical (unpaired) electrons. The van der Waals surface area contributed by atoms with Gasteiger partial charge in [-0.2, -0.15) is 0 Å². The number of amides is 1. The molecule has 6 heteroatoms. The smallest absolute Gasteiger partial charge is 0.407 e. The van der Waals surface area contributed by atoms with E-state index in [0.29, 0.717) is 5.56 Å². The monoisotopic (exact) mass is 446 g/mol. The first-order chi connectivity index (χ1) is 16.0. The Hall–Kier alpha value is -3.35. The summed E-state index contributed by atoms with van der Waals surface area (Å²) >= 11 is 0. The third-order valence-electron chi connectivity index (χ3n) is 6.15. The standard InChI is InChI=1S/C27H30N2O4/c1-29(2)19-9-7-8-18(16-19)26(31)25(30)14-15-28-27(32)33-17-24-22-12-5-3-10-20(22)21-11-4-6-13-23(21)24/h3-13,16,24-26,30-31H,14-15,17H2,1-2H3,(H,28,32). The molecule has 0 bridgehead atoms. The van der Waals surface area contributed by atoms with Gasteiger partial charge in [0.15, 0.2) is 0 Å². The molecule has 6 nitrogen and oxygen atoms in total. The minimum atomic E-state index is -1.03. The van der Waals surface area contributed by atoms with Crippen LogP contribution in [-0.4, -0.2) is 49.7 Å².